The molecular formula is C30H23ClN4O3S. The van der Waals surface area contributed by atoms with Crippen LogP contribution in [0.5, 0.6) is 0 Å². The van der Waals surface area contributed by atoms with E-state index in [2.05, 4.69) is 15.5 Å². The third-order valence-corrected chi connectivity index (χ3v) is 7.39. The minimum atomic E-state index is -0.528. The molecule has 194 valence electrons. The molecule has 1 fully saturated rings. The Bertz CT molecular complexity index is 1510. The monoisotopic (exact) mass is 554 g/mol. The molecule has 5 rings (SSSR count). The van der Waals surface area contributed by atoms with E-state index in [-0.39, 0.29) is 30.6 Å². The quantitative estimate of drug-likeness (QED) is 0.182. The lowest BCUT2D eigenvalue weighted by Crippen LogP contribution is -2.30. The number of nitrogens with one attached hydrogen (secondary N) is 1. The highest BCUT2D eigenvalue weighted by Crippen LogP contribution is 2.35. The van der Waals surface area contributed by atoms with E-state index in [1.54, 1.807) is 48.5 Å². The van der Waals surface area contributed by atoms with Gasteiger partial charge in [0.15, 0.2) is 0 Å². The summed E-state index contributed by atoms with van der Waals surface area (Å²) >= 11 is 7.22. The van der Waals surface area contributed by atoms with Crippen molar-refractivity contribution in [1.29, 1.82) is 0 Å². The molecule has 4 aromatic rings. The van der Waals surface area contributed by atoms with Crippen molar-refractivity contribution >= 4 is 63.8 Å². The van der Waals surface area contributed by atoms with E-state index in [9.17, 15) is 14.4 Å². The largest absolute Gasteiger partial charge is 0.326 e. The molecule has 0 bridgehead atoms. The molecule has 0 spiro atoms. The molecule has 9 heteroatoms. The molecule has 3 amide bonds. The lowest BCUT2D eigenvalue weighted by Gasteiger charge is -2.15. The predicted octanol–water partition coefficient (Wildman–Crippen LogP) is 7.36. The average molecular weight is 555 g/mol. The normalized spacial score (nSPS) is 15.2. The van der Waals surface area contributed by atoms with E-state index in [0.29, 0.717) is 22.1 Å². The summed E-state index contributed by atoms with van der Waals surface area (Å²) in [6.45, 7) is 0. The van der Waals surface area contributed by atoms with Crippen molar-refractivity contribution in [2.75, 3.05) is 10.2 Å². The number of rotatable bonds is 8. The number of anilines is 2. The predicted molar refractivity (Wildman–Crippen MR) is 154 cm³/mol. The van der Waals surface area contributed by atoms with Gasteiger partial charge in [-0.15, -0.1) is 11.8 Å². The zero-order valence-electron chi connectivity index (χ0n) is 20.7. The first-order chi connectivity index (χ1) is 18.9. The molecule has 1 N–H and O–H groups in total. The van der Waals surface area contributed by atoms with Gasteiger partial charge < -0.3 is 5.32 Å². The number of benzene rings is 4. The minimum Gasteiger partial charge on any atom is -0.326 e. The van der Waals surface area contributed by atoms with Crippen LogP contribution in [-0.4, -0.2) is 23.0 Å². The molecule has 0 saturated carbocycles. The third kappa shape index (κ3) is 6.79. The Balaban J connectivity index is 1.17. The Kier molecular flexibility index (Phi) is 8.15. The number of nitrogens with zero attached hydrogens (tertiary/aromatic N) is 3. The van der Waals surface area contributed by atoms with E-state index in [0.717, 1.165) is 16.1 Å². The summed E-state index contributed by atoms with van der Waals surface area (Å²) in [4.78, 5) is 40.2. The number of carbonyl (C=O) groups is 3. The zero-order chi connectivity index (χ0) is 27.2. The molecule has 39 heavy (non-hydrogen) atoms. The van der Waals surface area contributed by atoms with Crippen LogP contribution in [-0.2, 0) is 20.8 Å². The first-order valence-corrected chi connectivity index (χ1v) is 13.4. The van der Waals surface area contributed by atoms with Gasteiger partial charge in [-0.1, -0.05) is 41.9 Å². The van der Waals surface area contributed by atoms with Crippen molar-refractivity contribution in [3.8, 4) is 0 Å². The Hall–Kier alpha value is -4.27. The summed E-state index contributed by atoms with van der Waals surface area (Å²) in [7, 11) is 0. The fourth-order valence-electron chi connectivity index (χ4n) is 4.02. The topological polar surface area (TPSA) is 91.2 Å². The van der Waals surface area contributed by atoms with Crippen molar-refractivity contribution in [3.63, 3.8) is 0 Å². The fourth-order valence-corrected chi connectivity index (χ4v) is 5.20. The number of amides is 3. The summed E-state index contributed by atoms with van der Waals surface area (Å²) in [6, 6.07) is 30.6. The molecule has 4 aromatic carbocycles. The third-order valence-electron chi connectivity index (χ3n) is 5.94. The number of hydrogen-bond acceptors (Lipinski definition) is 6. The van der Waals surface area contributed by atoms with Gasteiger partial charge in [0, 0.05) is 22.0 Å². The number of azo groups is 1. The van der Waals surface area contributed by atoms with Crippen LogP contribution in [0.25, 0.3) is 0 Å². The fraction of sp³-hybridized carbons (Fsp3) is 0.100. The van der Waals surface area contributed by atoms with Crippen LogP contribution >= 0.6 is 23.4 Å². The maximum absolute atomic E-state index is 13.1. The summed E-state index contributed by atoms with van der Waals surface area (Å²) in [5.74, 6) is -0.649. The van der Waals surface area contributed by atoms with Crippen molar-refractivity contribution < 1.29 is 14.4 Å². The summed E-state index contributed by atoms with van der Waals surface area (Å²) in [5.41, 5.74) is 3.38. The van der Waals surface area contributed by atoms with Crippen LogP contribution in [0.15, 0.2) is 118 Å². The Morgan fingerprint density at radius 2 is 1.49 bits per heavy atom. The molecule has 1 aliphatic heterocycles. The molecule has 0 radical (unpaired) electrons. The van der Waals surface area contributed by atoms with Crippen molar-refractivity contribution in [2.45, 2.75) is 23.0 Å². The summed E-state index contributed by atoms with van der Waals surface area (Å²) in [6.07, 6.45) is 0.345. The highest BCUT2D eigenvalue weighted by Gasteiger charge is 2.40. The first kappa shape index (κ1) is 26.3. The minimum absolute atomic E-state index is 0.110. The van der Waals surface area contributed by atoms with E-state index in [4.69, 9.17) is 11.6 Å². The van der Waals surface area contributed by atoms with Gasteiger partial charge >= 0.3 is 0 Å². The van der Waals surface area contributed by atoms with Gasteiger partial charge in [0.05, 0.1) is 28.7 Å². The number of imide groups is 1. The highest BCUT2D eigenvalue weighted by atomic mass is 35.5. The van der Waals surface area contributed by atoms with E-state index in [1.165, 1.54) is 16.7 Å². The van der Waals surface area contributed by atoms with Gasteiger partial charge in [-0.25, -0.2) is 4.90 Å². The summed E-state index contributed by atoms with van der Waals surface area (Å²) < 4.78 is 0. The molecule has 1 unspecified atom stereocenters. The molecule has 1 atom stereocenters. The van der Waals surface area contributed by atoms with Gasteiger partial charge in [-0.2, -0.15) is 10.2 Å². The Morgan fingerprint density at radius 3 is 2.15 bits per heavy atom. The smallest absolute Gasteiger partial charge is 0.247 e. The van der Waals surface area contributed by atoms with Gasteiger partial charge in [-0.3, -0.25) is 14.4 Å². The molecule has 0 aromatic heterocycles. The standard InChI is InChI=1S/C30H23ClN4O3S/c31-21-8-6-20(7-9-21)18-28(36)32-22-12-16-26(17-13-22)39-27-19-29(37)35(30(27)38)25-14-10-24(11-15-25)34-33-23-4-2-1-3-5-23/h1-17,27H,18-19H2,(H,32,36). The number of halogens is 1. The lowest BCUT2D eigenvalue weighted by molar-refractivity contribution is -0.121. The maximum Gasteiger partial charge on any atom is 0.247 e. The Morgan fingerprint density at radius 1 is 0.846 bits per heavy atom. The second kappa shape index (κ2) is 12.1. The number of hydrogen-bond donors (Lipinski definition) is 1. The number of carbonyl (C=O) groups excluding carboxylic acids is 3. The Labute approximate surface area is 234 Å². The second-order valence-electron chi connectivity index (χ2n) is 8.81. The van der Waals surface area contributed by atoms with E-state index >= 15 is 0 Å². The highest BCUT2D eigenvalue weighted by molar-refractivity contribution is 8.00. The maximum atomic E-state index is 13.1. The van der Waals surface area contributed by atoms with Crippen molar-refractivity contribution in [3.05, 3.63) is 114 Å². The van der Waals surface area contributed by atoms with Crippen LogP contribution in [0.2, 0.25) is 5.02 Å². The van der Waals surface area contributed by atoms with E-state index in [1.807, 2.05) is 54.6 Å². The molecule has 0 aliphatic carbocycles. The van der Waals surface area contributed by atoms with Gasteiger partial charge in [0.1, 0.15) is 0 Å². The van der Waals surface area contributed by atoms with Crippen LogP contribution in [0, 0.1) is 0 Å². The molecular weight excluding hydrogens is 532 g/mol. The molecule has 1 saturated heterocycles. The molecule has 7 nitrogen and oxygen atoms in total. The average Bonchev–Trinajstić information content (AvgIpc) is 3.23. The van der Waals surface area contributed by atoms with Crippen molar-refractivity contribution in [1.82, 2.24) is 0 Å². The second-order valence-corrected chi connectivity index (χ2v) is 10.5. The van der Waals surface area contributed by atoms with Crippen LogP contribution in [0.3, 0.4) is 0 Å². The van der Waals surface area contributed by atoms with Gasteiger partial charge in [-0.05, 0) is 78.4 Å². The van der Waals surface area contributed by atoms with Crippen LogP contribution < -0.4 is 10.2 Å². The van der Waals surface area contributed by atoms with Crippen LogP contribution in [0.1, 0.15) is 12.0 Å². The van der Waals surface area contributed by atoms with Gasteiger partial charge in [0.25, 0.3) is 0 Å². The van der Waals surface area contributed by atoms with E-state index < -0.39 is 5.25 Å². The number of thioether (sulfide) groups is 1. The summed E-state index contributed by atoms with van der Waals surface area (Å²) in [5, 5.41) is 11.3. The van der Waals surface area contributed by atoms with Crippen LogP contribution in [0.4, 0.5) is 22.7 Å². The SMILES string of the molecule is O=C(Cc1ccc(Cl)cc1)Nc1ccc(SC2CC(=O)N(c3ccc(N=Nc4ccccc4)cc3)C2=O)cc1. The lowest BCUT2D eigenvalue weighted by atomic mass is 10.1. The molecule has 1 heterocycles. The first-order valence-electron chi connectivity index (χ1n) is 12.2. The zero-order valence-corrected chi connectivity index (χ0v) is 22.2. The molecule has 1 aliphatic rings. The van der Waals surface area contributed by atoms with Gasteiger partial charge in [0.2, 0.25) is 17.7 Å². The van der Waals surface area contributed by atoms with Crippen molar-refractivity contribution in [2.24, 2.45) is 10.2 Å².